The van der Waals surface area contributed by atoms with E-state index in [4.69, 9.17) is 0 Å². The molecule has 1 aromatic carbocycles. The van der Waals surface area contributed by atoms with Crippen LogP contribution in [0.3, 0.4) is 0 Å². The summed E-state index contributed by atoms with van der Waals surface area (Å²) in [5.74, 6) is -0.208. The molecule has 0 spiro atoms. The summed E-state index contributed by atoms with van der Waals surface area (Å²) >= 11 is 1.59. The molecular formula is C18H26FN5S. The molecule has 0 saturated carbocycles. The van der Waals surface area contributed by atoms with Crippen molar-refractivity contribution in [1.82, 2.24) is 20.0 Å². The summed E-state index contributed by atoms with van der Waals surface area (Å²) in [6, 6.07) is 7.04. The summed E-state index contributed by atoms with van der Waals surface area (Å²) in [5, 5.41) is 13.9. The van der Waals surface area contributed by atoms with Crippen LogP contribution in [0.15, 0.2) is 24.3 Å². The van der Waals surface area contributed by atoms with Crippen molar-refractivity contribution in [3.05, 3.63) is 40.7 Å². The predicted molar refractivity (Wildman–Crippen MR) is 101 cm³/mol. The number of benzene rings is 1. The van der Waals surface area contributed by atoms with Gasteiger partial charge in [0.15, 0.2) is 0 Å². The zero-order valence-electron chi connectivity index (χ0n) is 14.9. The number of hydrogen-bond acceptors (Lipinski definition) is 6. The zero-order valence-corrected chi connectivity index (χ0v) is 15.7. The van der Waals surface area contributed by atoms with Gasteiger partial charge in [0.1, 0.15) is 10.8 Å². The minimum absolute atomic E-state index is 0.208. The fourth-order valence-corrected chi connectivity index (χ4v) is 3.83. The van der Waals surface area contributed by atoms with Crippen LogP contribution < -0.4 is 5.32 Å². The molecule has 3 rings (SSSR count). The first-order valence-corrected chi connectivity index (χ1v) is 9.60. The van der Waals surface area contributed by atoms with E-state index in [1.54, 1.807) is 23.5 Å². The highest BCUT2D eigenvalue weighted by molar-refractivity contribution is 7.15. The van der Waals surface area contributed by atoms with Gasteiger partial charge in [-0.25, -0.2) is 4.39 Å². The number of likely N-dealkylation sites (tertiary alicyclic amines) is 1. The molecule has 0 bridgehead atoms. The van der Waals surface area contributed by atoms with Gasteiger partial charge >= 0.3 is 0 Å². The lowest BCUT2D eigenvalue weighted by molar-refractivity contribution is 0.199. The fraction of sp³-hybridized carbons (Fsp3) is 0.556. The van der Waals surface area contributed by atoms with Crippen LogP contribution in [0.1, 0.15) is 23.4 Å². The van der Waals surface area contributed by atoms with E-state index >= 15 is 0 Å². The van der Waals surface area contributed by atoms with Crippen LogP contribution in [0.5, 0.6) is 0 Å². The third-order valence-electron chi connectivity index (χ3n) is 4.51. The van der Waals surface area contributed by atoms with Crippen LogP contribution in [0.25, 0.3) is 0 Å². The Labute approximate surface area is 152 Å². The van der Waals surface area contributed by atoms with Crippen molar-refractivity contribution in [3.63, 3.8) is 0 Å². The van der Waals surface area contributed by atoms with Crippen LogP contribution in [0.2, 0.25) is 0 Å². The Bertz CT molecular complexity index is 650. The molecule has 0 radical (unpaired) electrons. The summed E-state index contributed by atoms with van der Waals surface area (Å²) < 4.78 is 13.0. The van der Waals surface area contributed by atoms with E-state index in [1.165, 1.54) is 12.1 Å². The lowest BCUT2D eigenvalue weighted by Gasteiger charge is -2.32. The molecule has 7 heteroatoms. The molecule has 1 aromatic heterocycles. The Hall–Kier alpha value is -1.57. The molecule has 0 amide bonds. The summed E-state index contributed by atoms with van der Waals surface area (Å²) in [6.45, 7) is 4.51. The van der Waals surface area contributed by atoms with Gasteiger partial charge in [0.2, 0.25) is 5.13 Å². The summed E-state index contributed by atoms with van der Waals surface area (Å²) in [4.78, 5) is 4.76. The number of anilines is 1. The van der Waals surface area contributed by atoms with Gasteiger partial charge in [-0.2, -0.15) is 0 Å². The minimum atomic E-state index is -0.208. The van der Waals surface area contributed by atoms with E-state index in [2.05, 4.69) is 39.4 Å². The average Bonchev–Trinajstić information content (AvgIpc) is 3.03. The molecule has 1 N–H and O–H groups in total. The van der Waals surface area contributed by atoms with Crippen molar-refractivity contribution < 1.29 is 4.39 Å². The molecule has 1 saturated heterocycles. The molecule has 2 aromatic rings. The van der Waals surface area contributed by atoms with E-state index in [-0.39, 0.29) is 5.82 Å². The molecule has 136 valence electrons. The third kappa shape index (κ3) is 5.73. The first kappa shape index (κ1) is 18.2. The van der Waals surface area contributed by atoms with E-state index in [0.29, 0.717) is 12.5 Å². The minimum Gasteiger partial charge on any atom is -0.357 e. The highest BCUT2D eigenvalue weighted by atomic mass is 32.1. The first-order valence-electron chi connectivity index (χ1n) is 8.79. The Morgan fingerprint density at radius 1 is 1.20 bits per heavy atom. The van der Waals surface area contributed by atoms with Crippen LogP contribution >= 0.6 is 11.3 Å². The molecule has 0 unspecified atom stereocenters. The number of halogens is 1. The molecule has 0 aliphatic carbocycles. The van der Waals surface area contributed by atoms with E-state index in [0.717, 1.165) is 54.7 Å². The van der Waals surface area contributed by atoms with Crippen molar-refractivity contribution in [2.75, 3.05) is 45.6 Å². The monoisotopic (exact) mass is 363 g/mol. The van der Waals surface area contributed by atoms with Gasteiger partial charge < -0.3 is 15.1 Å². The van der Waals surface area contributed by atoms with Crippen LogP contribution in [-0.4, -0.2) is 66.3 Å². The molecule has 25 heavy (non-hydrogen) atoms. The van der Waals surface area contributed by atoms with Gasteiger partial charge in [0, 0.05) is 38.6 Å². The third-order valence-corrected chi connectivity index (χ3v) is 5.37. The molecule has 1 aliphatic heterocycles. The SMILES string of the molecule is CN(C)CCN1CCC(Nc2nnc(Cc3ccc(F)cc3)s2)CC1. The molecule has 1 aliphatic rings. The van der Waals surface area contributed by atoms with Gasteiger partial charge in [-0.1, -0.05) is 23.5 Å². The number of nitrogens with one attached hydrogen (secondary N) is 1. The maximum atomic E-state index is 13.0. The number of hydrogen-bond donors (Lipinski definition) is 1. The summed E-state index contributed by atoms with van der Waals surface area (Å²) in [6.07, 6.45) is 2.98. The zero-order chi connectivity index (χ0) is 17.6. The normalized spacial score (nSPS) is 16.5. The maximum absolute atomic E-state index is 13.0. The molecular weight excluding hydrogens is 337 g/mol. The average molecular weight is 364 g/mol. The fourth-order valence-electron chi connectivity index (χ4n) is 2.98. The second-order valence-electron chi connectivity index (χ2n) is 6.87. The van der Waals surface area contributed by atoms with Crippen LogP contribution in [0, 0.1) is 5.82 Å². The van der Waals surface area contributed by atoms with E-state index in [9.17, 15) is 4.39 Å². The van der Waals surface area contributed by atoms with Gasteiger partial charge in [-0.3, -0.25) is 0 Å². The predicted octanol–water partition coefficient (Wildman–Crippen LogP) is 2.71. The largest absolute Gasteiger partial charge is 0.357 e. The number of piperidine rings is 1. The van der Waals surface area contributed by atoms with E-state index in [1.807, 2.05) is 0 Å². The smallest absolute Gasteiger partial charge is 0.205 e. The molecule has 5 nitrogen and oxygen atoms in total. The number of rotatable bonds is 7. The Morgan fingerprint density at radius 3 is 2.60 bits per heavy atom. The van der Waals surface area contributed by atoms with Crippen LogP contribution in [-0.2, 0) is 6.42 Å². The maximum Gasteiger partial charge on any atom is 0.205 e. The van der Waals surface area contributed by atoms with Crippen molar-refractivity contribution >= 4 is 16.5 Å². The van der Waals surface area contributed by atoms with Gasteiger partial charge in [-0.15, -0.1) is 10.2 Å². The van der Waals surface area contributed by atoms with Crippen molar-refractivity contribution in [2.45, 2.75) is 25.3 Å². The summed E-state index contributed by atoms with van der Waals surface area (Å²) in [5.41, 5.74) is 1.05. The van der Waals surface area contributed by atoms with Crippen molar-refractivity contribution in [1.29, 1.82) is 0 Å². The Balaban J connectivity index is 1.45. The first-order chi connectivity index (χ1) is 12.1. The molecule has 1 fully saturated rings. The van der Waals surface area contributed by atoms with Gasteiger partial charge in [0.25, 0.3) is 0 Å². The highest BCUT2D eigenvalue weighted by Crippen LogP contribution is 2.22. The second-order valence-corrected chi connectivity index (χ2v) is 7.93. The lowest BCUT2D eigenvalue weighted by atomic mass is 10.1. The lowest BCUT2D eigenvalue weighted by Crippen LogP contribution is -2.41. The number of aromatic nitrogens is 2. The van der Waals surface area contributed by atoms with Crippen molar-refractivity contribution in [3.8, 4) is 0 Å². The highest BCUT2D eigenvalue weighted by Gasteiger charge is 2.20. The number of likely N-dealkylation sites (N-methyl/N-ethyl adjacent to an activating group) is 1. The topological polar surface area (TPSA) is 44.3 Å². The Morgan fingerprint density at radius 2 is 1.92 bits per heavy atom. The van der Waals surface area contributed by atoms with Crippen molar-refractivity contribution in [2.24, 2.45) is 0 Å². The van der Waals surface area contributed by atoms with Crippen LogP contribution in [0.4, 0.5) is 9.52 Å². The quantitative estimate of drug-likeness (QED) is 0.819. The second kappa shape index (κ2) is 8.69. The van der Waals surface area contributed by atoms with E-state index < -0.39 is 0 Å². The summed E-state index contributed by atoms with van der Waals surface area (Å²) in [7, 11) is 4.24. The van der Waals surface area contributed by atoms with Gasteiger partial charge in [-0.05, 0) is 44.6 Å². The number of nitrogens with zero attached hydrogens (tertiary/aromatic N) is 4. The Kier molecular flexibility index (Phi) is 6.34. The molecule has 0 atom stereocenters. The standard InChI is InChI=1S/C18H26FN5S/c1-23(2)11-12-24-9-7-16(8-10-24)20-18-22-21-17(25-18)13-14-3-5-15(19)6-4-14/h3-6,16H,7-13H2,1-2H3,(H,20,22). The molecule has 2 heterocycles. The van der Waals surface area contributed by atoms with Gasteiger partial charge in [0.05, 0.1) is 0 Å².